The Hall–Kier alpha value is -1.92. The molecule has 2 aromatic rings. The van der Waals surface area contributed by atoms with Gasteiger partial charge in [-0.1, -0.05) is 0 Å². The number of sulfonamides is 1. The maximum absolute atomic E-state index is 14.2. The van der Waals surface area contributed by atoms with Gasteiger partial charge in [0.2, 0.25) is 10.0 Å². The predicted octanol–water partition coefficient (Wildman–Crippen LogP) is 3.31. The standard InChI is InChI=1S/C16H17F4N3O3S2/c1-10-11(2)27-15(21-10)22-5-7-23(8-6-22)28(24,25)14-4-3-12(9-13(14)17)26-16(18,19)20/h3-4,9H,5-8H2,1-2H3. The molecule has 1 fully saturated rings. The number of aryl methyl sites for hydroxylation is 2. The van der Waals surface area contributed by atoms with E-state index in [0.717, 1.165) is 32.1 Å². The van der Waals surface area contributed by atoms with E-state index < -0.39 is 32.8 Å². The summed E-state index contributed by atoms with van der Waals surface area (Å²) in [6.07, 6.45) is -4.99. The molecule has 6 nitrogen and oxygen atoms in total. The topological polar surface area (TPSA) is 62.7 Å². The second-order valence-corrected chi connectivity index (χ2v) is 9.26. The number of benzene rings is 1. The Morgan fingerprint density at radius 3 is 2.29 bits per heavy atom. The monoisotopic (exact) mass is 439 g/mol. The van der Waals surface area contributed by atoms with Gasteiger partial charge in [0.15, 0.2) is 5.13 Å². The highest BCUT2D eigenvalue weighted by Gasteiger charge is 2.34. The van der Waals surface area contributed by atoms with Crippen LogP contribution in [0.25, 0.3) is 0 Å². The predicted molar refractivity (Wildman–Crippen MR) is 95.6 cm³/mol. The zero-order chi connectivity index (χ0) is 20.7. The van der Waals surface area contributed by atoms with Gasteiger partial charge in [-0.05, 0) is 26.0 Å². The fraction of sp³-hybridized carbons (Fsp3) is 0.438. The van der Waals surface area contributed by atoms with Crippen LogP contribution in [0.1, 0.15) is 10.6 Å². The van der Waals surface area contributed by atoms with Crippen LogP contribution >= 0.6 is 11.3 Å². The molecule has 0 spiro atoms. The van der Waals surface area contributed by atoms with Crippen molar-refractivity contribution in [3.05, 3.63) is 34.6 Å². The number of halogens is 4. The summed E-state index contributed by atoms with van der Waals surface area (Å²) in [5.74, 6) is -2.11. The van der Waals surface area contributed by atoms with Gasteiger partial charge in [0.05, 0.1) is 5.69 Å². The molecule has 0 bridgehead atoms. The highest BCUT2D eigenvalue weighted by atomic mass is 32.2. The first kappa shape index (κ1) is 20.8. The minimum absolute atomic E-state index is 0.111. The number of anilines is 1. The molecule has 154 valence electrons. The van der Waals surface area contributed by atoms with Crippen molar-refractivity contribution in [1.82, 2.24) is 9.29 Å². The Morgan fingerprint density at radius 1 is 1.14 bits per heavy atom. The summed E-state index contributed by atoms with van der Waals surface area (Å²) in [7, 11) is -4.18. The molecule has 0 N–H and O–H groups in total. The van der Waals surface area contributed by atoms with Gasteiger partial charge in [-0.2, -0.15) is 4.31 Å². The molecule has 2 heterocycles. The molecule has 28 heavy (non-hydrogen) atoms. The lowest BCUT2D eigenvalue weighted by atomic mass is 10.3. The molecule has 12 heteroatoms. The van der Waals surface area contributed by atoms with Crippen molar-refractivity contribution in [3.8, 4) is 5.75 Å². The molecule has 0 unspecified atom stereocenters. The number of hydrogen-bond acceptors (Lipinski definition) is 6. The van der Waals surface area contributed by atoms with Crippen LogP contribution in [0.5, 0.6) is 5.75 Å². The van der Waals surface area contributed by atoms with Crippen LogP contribution in [0.2, 0.25) is 0 Å². The number of piperazine rings is 1. The molecule has 1 aliphatic heterocycles. The van der Waals surface area contributed by atoms with Crippen LogP contribution in [0.3, 0.4) is 0 Å². The molecule has 0 saturated carbocycles. The Balaban J connectivity index is 1.73. The van der Waals surface area contributed by atoms with Crippen LogP contribution in [0, 0.1) is 19.7 Å². The molecule has 1 aromatic heterocycles. The second kappa shape index (κ2) is 7.48. The van der Waals surface area contributed by atoms with Crippen LogP contribution < -0.4 is 9.64 Å². The minimum atomic E-state index is -4.99. The summed E-state index contributed by atoms with van der Waals surface area (Å²) in [6, 6.07) is 1.98. The van der Waals surface area contributed by atoms with Gasteiger partial charge >= 0.3 is 6.36 Å². The summed E-state index contributed by atoms with van der Waals surface area (Å²) in [5.41, 5.74) is 0.915. The Bertz CT molecular complexity index is 948. The molecular weight excluding hydrogens is 422 g/mol. The lowest BCUT2D eigenvalue weighted by Gasteiger charge is -2.33. The molecule has 0 atom stereocenters. The van der Waals surface area contributed by atoms with E-state index in [1.54, 1.807) is 0 Å². The summed E-state index contributed by atoms with van der Waals surface area (Å²) in [4.78, 5) is 6.79. The Labute approximate surface area is 163 Å². The molecule has 0 aliphatic carbocycles. The number of alkyl halides is 3. The first-order valence-corrected chi connectivity index (χ1v) is 10.5. The van der Waals surface area contributed by atoms with E-state index in [9.17, 15) is 26.0 Å². The summed E-state index contributed by atoms with van der Waals surface area (Å²) >= 11 is 1.52. The molecule has 1 aromatic carbocycles. The van der Waals surface area contributed by atoms with Gasteiger partial charge < -0.3 is 9.64 Å². The van der Waals surface area contributed by atoms with E-state index in [1.807, 2.05) is 18.7 Å². The lowest BCUT2D eigenvalue weighted by molar-refractivity contribution is -0.274. The SMILES string of the molecule is Cc1nc(N2CCN(S(=O)(=O)c3ccc(OC(F)(F)F)cc3F)CC2)sc1C. The maximum atomic E-state index is 14.2. The third-order valence-electron chi connectivity index (χ3n) is 4.28. The fourth-order valence-electron chi connectivity index (χ4n) is 2.74. The van der Waals surface area contributed by atoms with Gasteiger partial charge in [-0.15, -0.1) is 24.5 Å². The van der Waals surface area contributed by atoms with Gasteiger partial charge in [0.1, 0.15) is 16.5 Å². The van der Waals surface area contributed by atoms with E-state index >= 15 is 0 Å². The lowest BCUT2D eigenvalue weighted by Crippen LogP contribution is -2.48. The molecule has 1 saturated heterocycles. The quantitative estimate of drug-likeness (QED) is 0.684. The van der Waals surface area contributed by atoms with Crippen molar-refractivity contribution in [3.63, 3.8) is 0 Å². The summed E-state index contributed by atoms with van der Waals surface area (Å²) in [6.45, 7) is 4.82. The third-order valence-corrected chi connectivity index (χ3v) is 7.35. The first-order chi connectivity index (χ1) is 13.0. The minimum Gasteiger partial charge on any atom is -0.406 e. The van der Waals surface area contributed by atoms with Crippen LogP contribution in [-0.2, 0) is 10.0 Å². The highest BCUT2D eigenvalue weighted by molar-refractivity contribution is 7.89. The first-order valence-electron chi connectivity index (χ1n) is 8.22. The molecular formula is C16H17F4N3O3S2. The summed E-state index contributed by atoms with van der Waals surface area (Å²) in [5, 5.41) is 0.798. The number of thiazole rings is 1. The van der Waals surface area contributed by atoms with E-state index in [0.29, 0.717) is 19.2 Å². The Morgan fingerprint density at radius 2 is 1.79 bits per heavy atom. The van der Waals surface area contributed by atoms with Gasteiger partial charge in [0, 0.05) is 37.1 Å². The molecule has 0 radical (unpaired) electrons. The van der Waals surface area contributed by atoms with E-state index in [-0.39, 0.29) is 13.1 Å². The average molecular weight is 439 g/mol. The van der Waals surface area contributed by atoms with E-state index in [1.165, 1.54) is 11.3 Å². The van der Waals surface area contributed by atoms with Crippen molar-refractivity contribution in [2.75, 3.05) is 31.1 Å². The molecule has 0 amide bonds. The van der Waals surface area contributed by atoms with Gasteiger partial charge in [0.25, 0.3) is 0 Å². The number of rotatable bonds is 4. The number of nitrogens with zero attached hydrogens (tertiary/aromatic N) is 3. The smallest absolute Gasteiger partial charge is 0.406 e. The maximum Gasteiger partial charge on any atom is 0.573 e. The zero-order valence-electron chi connectivity index (χ0n) is 15.0. The number of aromatic nitrogens is 1. The molecule has 1 aliphatic rings. The largest absolute Gasteiger partial charge is 0.573 e. The van der Waals surface area contributed by atoms with Crippen molar-refractivity contribution < 1.29 is 30.7 Å². The zero-order valence-corrected chi connectivity index (χ0v) is 16.6. The van der Waals surface area contributed by atoms with Crippen molar-refractivity contribution in [2.24, 2.45) is 0 Å². The summed E-state index contributed by atoms with van der Waals surface area (Å²) < 4.78 is 81.0. The van der Waals surface area contributed by atoms with E-state index in [4.69, 9.17) is 0 Å². The number of ether oxygens (including phenoxy) is 1. The normalized spacial score (nSPS) is 16.4. The highest BCUT2D eigenvalue weighted by Crippen LogP contribution is 2.30. The van der Waals surface area contributed by atoms with Crippen LogP contribution in [0.15, 0.2) is 23.1 Å². The van der Waals surface area contributed by atoms with Crippen LogP contribution in [-0.4, -0.2) is 50.2 Å². The average Bonchev–Trinajstić information content (AvgIpc) is 2.92. The fourth-order valence-corrected chi connectivity index (χ4v) is 5.17. The van der Waals surface area contributed by atoms with Gasteiger partial charge in [-0.25, -0.2) is 17.8 Å². The third kappa shape index (κ3) is 4.39. The Kier molecular flexibility index (Phi) is 5.56. The van der Waals surface area contributed by atoms with E-state index in [2.05, 4.69) is 9.72 Å². The van der Waals surface area contributed by atoms with Gasteiger partial charge in [-0.3, -0.25) is 0 Å². The van der Waals surface area contributed by atoms with Crippen molar-refractivity contribution >= 4 is 26.5 Å². The molecule has 3 rings (SSSR count). The van der Waals surface area contributed by atoms with Crippen molar-refractivity contribution in [2.45, 2.75) is 25.1 Å². The second-order valence-electron chi connectivity index (χ2n) is 6.17. The number of hydrogen-bond donors (Lipinski definition) is 0. The van der Waals surface area contributed by atoms with Crippen LogP contribution in [0.4, 0.5) is 22.7 Å². The van der Waals surface area contributed by atoms with Crippen molar-refractivity contribution in [1.29, 1.82) is 0 Å².